The predicted octanol–water partition coefficient (Wildman–Crippen LogP) is 1.62. The molecule has 0 amide bonds. The molecule has 3 nitrogen and oxygen atoms in total. The Morgan fingerprint density at radius 3 is 2.53 bits per heavy atom. The van der Waals surface area contributed by atoms with Gasteiger partial charge in [0.15, 0.2) is 5.67 Å². The first-order valence-corrected chi connectivity index (χ1v) is 4.67. The predicted molar refractivity (Wildman–Crippen MR) is 52.0 cm³/mol. The Morgan fingerprint density at radius 1 is 1.40 bits per heavy atom. The Kier molecular flexibility index (Phi) is 2.68. The summed E-state index contributed by atoms with van der Waals surface area (Å²) in [5.41, 5.74) is -0.771. The second-order valence-electron chi connectivity index (χ2n) is 3.62. The van der Waals surface area contributed by atoms with Gasteiger partial charge in [0.05, 0.1) is 13.2 Å². The van der Waals surface area contributed by atoms with Gasteiger partial charge in [-0.05, 0) is 24.3 Å². The van der Waals surface area contributed by atoms with Crippen LogP contribution in [0.15, 0.2) is 24.3 Å². The Labute approximate surface area is 86.8 Å². The smallest absolute Gasteiger partial charge is 0.190 e. The molecule has 0 N–H and O–H groups in total. The van der Waals surface area contributed by atoms with Crippen molar-refractivity contribution in [3.05, 3.63) is 29.8 Å². The lowest BCUT2D eigenvalue weighted by Gasteiger charge is -2.33. The monoisotopic (exact) mass is 210 g/mol. The maximum Gasteiger partial charge on any atom is 0.190 e. The van der Waals surface area contributed by atoms with Crippen LogP contribution in [-0.4, -0.2) is 31.8 Å². The molecule has 0 atom stereocenters. The summed E-state index contributed by atoms with van der Waals surface area (Å²) in [5.74, 6) is 0.560. The van der Waals surface area contributed by atoms with Crippen molar-refractivity contribution < 1.29 is 18.7 Å². The molecule has 15 heavy (non-hydrogen) atoms. The quantitative estimate of drug-likeness (QED) is 0.708. The summed E-state index contributed by atoms with van der Waals surface area (Å²) in [7, 11) is 0. The van der Waals surface area contributed by atoms with E-state index in [1.54, 1.807) is 24.3 Å². The molecule has 0 bridgehead atoms. The van der Waals surface area contributed by atoms with E-state index in [1.807, 2.05) is 0 Å². The molecule has 80 valence electrons. The van der Waals surface area contributed by atoms with Gasteiger partial charge >= 0.3 is 0 Å². The molecule has 1 fully saturated rings. The first-order valence-electron chi connectivity index (χ1n) is 4.67. The van der Waals surface area contributed by atoms with Gasteiger partial charge in [-0.3, -0.25) is 4.79 Å². The highest BCUT2D eigenvalue weighted by Crippen LogP contribution is 2.23. The van der Waals surface area contributed by atoms with Gasteiger partial charge in [-0.15, -0.1) is 0 Å². The zero-order chi connectivity index (χ0) is 10.7. The molecule has 0 aliphatic carbocycles. The number of carbonyl (C=O) groups is 1. The topological polar surface area (TPSA) is 35.5 Å². The van der Waals surface area contributed by atoms with Gasteiger partial charge in [-0.2, -0.15) is 0 Å². The number of hydrogen-bond acceptors (Lipinski definition) is 3. The molecule has 1 saturated heterocycles. The summed E-state index contributed by atoms with van der Waals surface area (Å²) in [6.45, 7) is 0.187. The van der Waals surface area contributed by atoms with E-state index in [0.717, 1.165) is 6.29 Å². The van der Waals surface area contributed by atoms with Gasteiger partial charge in [0.2, 0.25) is 0 Å². The van der Waals surface area contributed by atoms with Crippen LogP contribution in [0.25, 0.3) is 0 Å². The zero-order valence-electron chi connectivity index (χ0n) is 8.11. The minimum atomic E-state index is -1.34. The van der Waals surface area contributed by atoms with Gasteiger partial charge in [-0.1, -0.05) is 0 Å². The van der Waals surface area contributed by atoms with Crippen LogP contribution in [-0.2, 0) is 4.74 Å². The van der Waals surface area contributed by atoms with Gasteiger partial charge in [0.25, 0.3) is 0 Å². The van der Waals surface area contributed by atoms with E-state index in [4.69, 9.17) is 9.47 Å². The van der Waals surface area contributed by atoms with Gasteiger partial charge in [0, 0.05) is 5.56 Å². The van der Waals surface area contributed by atoms with E-state index in [-0.39, 0.29) is 19.8 Å². The molecular weight excluding hydrogens is 199 g/mol. The van der Waals surface area contributed by atoms with Crippen molar-refractivity contribution in [1.29, 1.82) is 0 Å². The number of carbonyl (C=O) groups excluding carboxylic acids is 1. The Balaban J connectivity index is 1.90. The van der Waals surface area contributed by atoms with E-state index in [0.29, 0.717) is 11.3 Å². The lowest BCUT2D eigenvalue weighted by atomic mass is 10.1. The minimum absolute atomic E-state index is 0.00651. The highest BCUT2D eigenvalue weighted by molar-refractivity contribution is 5.74. The van der Waals surface area contributed by atoms with Crippen LogP contribution >= 0.6 is 0 Å². The number of rotatable bonds is 4. The molecule has 0 spiro atoms. The average Bonchev–Trinajstić information content (AvgIpc) is 2.24. The van der Waals surface area contributed by atoms with E-state index < -0.39 is 5.67 Å². The van der Waals surface area contributed by atoms with Crippen LogP contribution in [0.4, 0.5) is 4.39 Å². The summed E-state index contributed by atoms with van der Waals surface area (Å²) in [5, 5.41) is 0. The van der Waals surface area contributed by atoms with Crippen LogP contribution in [0, 0.1) is 0 Å². The lowest BCUT2D eigenvalue weighted by Crippen LogP contribution is -2.50. The van der Waals surface area contributed by atoms with Gasteiger partial charge in [0.1, 0.15) is 18.6 Å². The van der Waals surface area contributed by atoms with E-state index in [2.05, 4.69) is 0 Å². The molecule has 0 aromatic heterocycles. The number of benzene rings is 1. The fraction of sp³-hybridized carbons (Fsp3) is 0.364. The standard InChI is InChI=1S/C11H11FO3/c12-11(6-14-7-11)8-15-10-3-1-9(5-13)2-4-10/h1-5H,6-8H2. The molecule has 0 saturated carbocycles. The van der Waals surface area contributed by atoms with E-state index in [1.165, 1.54) is 0 Å². The van der Waals surface area contributed by atoms with Crippen molar-refractivity contribution in [2.24, 2.45) is 0 Å². The average molecular weight is 210 g/mol. The lowest BCUT2D eigenvalue weighted by molar-refractivity contribution is -0.146. The highest BCUT2D eigenvalue weighted by atomic mass is 19.1. The van der Waals surface area contributed by atoms with Crippen LogP contribution < -0.4 is 4.74 Å². The van der Waals surface area contributed by atoms with Crippen molar-refractivity contribution >= 4 is 6.29 Å². The maximum absolute atomic E-state index is 13.4. The Bertz CT molecular complexity index is 343. The highest BCUT2D eigenvalue weighted by Gasteiger charge is 2.39. The normalized spacial score (nSPS) is 17.9. The fourth-order valence-electron chi connectivity index (χ4n) is 1.26. The maximum atomic E-state index is 13.4. The van der Waals surface area contributed by atoms with Gasteiger partial charge < -0.3 is 9.47 Å². The van der Waals surface area contributed by atoms with Crippen molar-refractivity contribution in [3.63, 3.8) is 0 Å². The van der Waals surface area contributed by atoms with E-state index in [9.17, 15) is 9.18 Å². The summed E-state index contributed by atoms with van der Waals surface area (Å²) < 4.78 is 23.4. The summed E-state index contributed by atoms with van der Waals surface area (Å²) in [6, 6.07) is 6.55. The second-order valence-corrected chi connectivity index (χ2v) is 3.62. The molecule has 1 aromatic rings. The number of ether oxygens (including phenoxy) is 2. The van der Waals surface area contributed by atoms with Crippen molar-refractivity contribution in [2.45, 2.75) is 5.67 Å². The summed E-state index contributed by atoms with van der Waals surface area (Å²) in [6.07, 6.45) is 0.750. The molecule has 0 unspecified atom stereocenters. The molecule has 4 heteroatoms. The van der Waals surface area contributed by atoms with Crippen molar-refractivity contribution in [3.8, 4) is 5.75 Å². The Morgan fingerprint density at radius 2 is 2.07 bits per heavy atom. The number of alkyl halides is 1. The first kappa shape index (κ1) is 10.1. The second kappa shape index (κ2) is 3.98. The molecular formula is C11H11FO3. The third-order valence-electron chi connectivity index (χ3n) is 2.24. The molecule has 1 aliphatic heterocycles. The largest absolute Gasteiger partial charge is 0.490 e. The minimum Gasteiger partial charge on any atom is -0.490 e. The Hall–Kier alpha value is -1.42. The first-order chi connectivity index (χ1) is 7.22. The van der Waals surface area contributed by atoms with Crippen molar-refractivity contribution in [2.75, 3.05) is 19.8 Å². The summed E-state index contributed by atoms with van der Waals surface area (Å²) >= 11 is 0. The molecule has 0 radical (unpaired) electrons. The fourth-order valence-corrected chi connectivity index (χ4v) is 1.26. The summed E-state index contributed by atoms with van der Waals surface area (Å²) in [4.78, 5) is 10.4. The molecule has 1 aliphatic rings. The van der Waals surface area contributed by atoms with E-state index >= 15 is 0 Å². The number of hydrogen-bond donors (Lipinski definition) is 0. The molecule has 1 heterocycles. The molecule has 2 rings (SSSR count). The number of halogens is 1. The third-order valence-corrected chi connectivity index (χ3v) is 2.24. The van der Waals surface area contributed by atoms with Crippen LogP contribution in [0.1, 0.15) is 10.4 Å². The van der Waals surface area contributed by atoms with Crippen LogP contribution in [0.3, 0.4) is 0 Å². The zero-order valence-corrected chi connectivity index (χ0v) is 8.11. The number of aldehydes is 1. The third kappa shape index (κ3) is 2.33. The SMILES string of the molecule is O=Cc1ccc(OCC2(F)COC2)cc1. The van der Waals surface area contributed by atoms with Gasteiger partial charge in [-0.25, -0.2) is 4.39 Å². The van der Waals surface area contributed by atoms with Crippen molar-refractivity contribution in [1.82, 2.24) is 0 Å². The van der Waals surface area contributed by atoms with Crippen LogP contribution in [0.5, 0.6) is 5.75 Å². The molecule has 1 aromatic carbocycles. The van der Waals surface area contributed by atoms with Crippen LogP contribution in [0.2, 0.25) is 0 Å².